The van der Waals surface area contributed by atoms with Crippen LogP contribution in [0.15, 0.2) is 47.3 Å². The molecule has 0 radical (unpaired) electrons. The van der Waals surface area contributed by atoms with E-state index < -0.39 is 0 Å². The van der Waals surface area contributed by atoms with E-state index in [0.29, 0.717) is 17.8 Å². The number of benzene rings is 1. The number of amides is 2. The summed E-state index contributed by atoms with van der Waals surface area (Å²) in [4.78, 5) is 30.9. The molecule has 0 bridgehead atoms. The Kier molecular flexibility index (Phi) is 8.45. The molecule has 2 aromatic rings. The summed E-state index contributed by atoms with van der Waals surface area (Å²) in [7, 11) is 0. The molecule has 33 heavy (non-hydrogen) atoms. The lowest BCUT2D eigenvalue weighted by Gasteiger charge is -2.33. The second-order valence-electron chi connectivity index (χ2n) is 8.80. The molecule has 1 saturated heterocycles. The van der Waals surface area contributed by atoms with Gasteiger partial charge in [-0.05, 0) is 61.9 Å². The summed E-state index contributed by atoms with van der Waals surface area (Å²) in [5, 5.41) is 7.20. The summed E-state index contributed by atoms with van der Waals surface area (Å²) in [5.74, 6) is 1.80. The normalized spacial score (nSPS) is 19.2. The topological polar surface area (TPSA) is 74.3 Å². The van der Waals surface area contributed by atoms with Gasteiger partial charge in [-0.1, -0.05) is 37.2 Å². The summed E-state index contributed by atoms with van der Waals surface area (Å²) in [6.45, 7) is 4.87. The lowest BCUT2D eigenvalue weighted by Crippen LogP contribution is -2.45. The maximum Gasteiger partial charge on any atom is 0.253 e. The molecular weight excluding hydrogens is 452 g/mol. The van der Waals surface area contributed by atoms with Crippen molar-refractivity contribution in [3.63, 3.8) is 0 Å². The highest BCUT2D eigenvalue weighted by molar-refractivity contribution is 8.01. The number of hydrogen-bond donors (Lipinski definition) is 2. The number of rotatable bonds is 8. The maximum atomic E-state index is 13.0. The quantitative estimate of drug-likeness (QED) is 0.374. The summed E-state index contributed by atoms with van der Waals surface area (Å²) < 4.78 is 1.27. The van der Waals surface area contributed by atoms with Gasteiger partial charge in [0.1, 0.15) is 0 Å². The zero-order chi connectivity index (χ0) is 23.0. The highest BCUT2D eigenvalue weighted by Crippen LogP contribution is 2.34. The third-order valence-electron chi connectivity index (χ3n) is 6.29. The van der Waals surface area contributed by atoms with E-state index in [1.54, 1.807) is 35.6 Å². The average Bonchev–Trinajstić information content (AvgIpc) is 3.30. The Morgan fingerprint density at radius 3 is 2.70 bits per heavy atom. The largest absolute Gasteiger partial charge is 0.357 e. The molecule has 176 valence electrons. The highest BCUT2D eigenvalue weighted by atomic mass is 32.2. The van der Waals surface area contributed by atoms with Crippen molar-refractivity contribution >= 4 is 45.7 Å². The Balaban J connectivity index is 1.27. The van der Waals surface area contributed by atoms with Crippen LogP contribution >= 0.6 is 23.1 Å². The van der Waals surface area contributed by atoms with Crippen LogP contribution in [0.1, 0.15) is 55.3 Å². The fourth-order valence-corrected chi connectivity index (χ4v) is 6.64. The van der Waals surface area contributed by atoms with Crippen LogP contribution in [0.25, 0.3) is 0 Å². The third-order valence-corrected chi connectivity index (χ3v) is 8.65. The number of hydrogen-bond acceptors (Lipinski definition) is 6. The molecule has 6 nitrogen and oxygen atoms in total. The highest BCUT2D eigenvalue weighted by Gasteiger charge is 2.25. The van der Waals surface area contributed by atoms with Crippen LogP contribution in [-0.2, 0) is 4.79 Å². The van der Waals surface area contributed by atoms with Crippen molar-refractivity contribution in [3.05, 3.63) is 48.7 Å². The van der Waals surface area contributed by atoms with Gasteiger partial charge in [-0.2, -0.15) is 0 Å². The summed E-state index contributed by atoms with van der Waals surface area (Å²) in [6, 6.07) is 7.21. The predicted octanol–water partition coefficient (Wildman–Crippen LogP) is 5.66. The molecule has 8 heteroatoms. The molecule has 1 aromatic carbocycles. The first-order valence-electron chi connectivity index (χ1n) is 11.8. The van der Waals surface area contributed by atoms with Gasteiger partial charge in [0, 0.05) is 36.1 Å². The molecule has 2 aliphatic rings. The number of carbonyl (C=O) groups excluding carboxylic acids is 2. The minimum atomic E-state index is -0.267. The number of thioether (sulfide) groups is 1. The summed E-state index contributed by atoms with van der Waals surface area (Å²) in [6.07, 6.45) is 12.1. The van der Waals surface area contributed by atoms with Crippen molar-refractivity contribution in [2.75, 3.05) is 29.5 Å². The zero-order valence-electron chi connectivity index (χ0n) is 18.9. The molecule has 1 saturated carbocycles. The molecular formula is C25H32N4O2S2. The number of anilines is 2. The molecule has 2 amide bonds. The SMILES string of the molecule is C=CC(=O)Nc1ccc(C(=O)N2CCC[C@@H](Nc3ncc(SCC4CCCCC4)s3)C2)cc1. The van der Waals surface area contributed by atoms with Crippen LogP contribution < -0.4 is 10.6 Å². The van der Waals surface area contributed by atoms with Gasteiger partial charge >= 0.3 is 0 Å². The Morgan fingerprint density at radius 2 is 1.94 bits per heavy atom. The molecule has 0 spiro atoms. The summed E-state index contributed by atoms with van der Waals surface area (Å²) >= 11 is 3.66. The van der Waals surface area contributed by atoms with Crippen molar-refractivity contribution in [3.8, 4) is 0 Å². The first kappa shape index (κ1) is 23.8. The van der Waals surface area contributed by atoms with Crippen molar-refractivity contribution in [1.82, 2.24) is 9.88 Å². The molecule has 0 unspecified atom stereocenters. The van der Waals surface area contributed by atoms with Gasteiger partial charge in [0.25, 0.3) is 5.91 Å². The van der Waals surface area contributed by atoms with E-state index in [4.69, 9.17) is 0 Å². The lowest BCUT2D eigenvalue weighted by atomic mass is 9.91. The van der Waals surface area contributed by atoms with E-state index in [0.717, 1.165) is 30.4 Å². The first-order chi connectivity index (χ1) is 16.1. The Morgan fingerprint density at radius 1 is 1.15 bits per heavy atom. The standard InChI is InChI=1S/C25H32N4O2S2/c1-2-22(30)27-20-12-10-19(11-13-20)24(31)29-14-6-9-21(16-29)28-25-26-15-23(33-25)32-17-18-7-4-3-5-8-18/h2,10-13,15,18,21H,1,3-9,14,16-17H2,(H,26,28)(H,27,30)/t21-/m1/s1. The minimum absolute atomic E-state index is 0.0194. The molecule has 4 rings (SSSR count). The molecule has 2 heterocycles. The fraction of sp³-hybridized carbons (Fsp3) is 0.480. The molecule has 1 aromatic heterocycles. The molecule has 1 atom stereocenters. The molecule has 1 aliphatic carbocycles. The number of thiazole rings is 1. The van der Waals surface area contributed by atoms with Crippen LogP contribution in [0.2, 0.25) is 0 Å². The summed E-state index contributed by atoms with van der Waals surface area (Å²) in [5.41, 5.74) is 1.28. The lowest BCUT2D eigenvalue weighted by molar-refractivity contribution is -0.111. The number of nitrogens with one attached hydrogen (secondary N) is 2. The van der Waals surface area contributed by atoms with Crippen LogP contribution in [0.4, 0.5) is 10.8 Å². The van der Waals surface area contributed by atoms with E-state index in [1.807, 2.05) is 22.9 Å². The van der Waals surface area contributed by atoms with Crippen LogP contribution in [-0.4, -0.2) is 46.6 Å². The van der Waals surface area contributed by atoms with Crippen LogP contribution in [0.5, 0.6) is 0 Å². The van der Waals surface area contributed by atoms with Crippen molar-refractivity contribution in [1.29, 1.82) is 0 Å². The molecule has 1 aliphatic heterocycles. The van der Waals surface area contributed by atoms with Gasteiger partial charge < -0.3 is 15.5 Å². The fourth-order valence-electron chi connectivity index (χ4n) is 4.47. The Hall–Kier alpha value is -2.32. The van der Waals surface area contributed by atoms with E-state index in [1.165, 1.54) is 48.1 Å². The average molecular weight is 485 g/mol. The number of piperidine rings is 1. The van der Waals surface area contributed by atoms with Gasteiger partial charge in [-0.25, -0.2) is 4.98 Å². The monoisotopic (exact) mass is 484 g/mol. The minimum Gasteiger partial charge on any atom is -0.357 e. The van der Waals surface area contributed by atoms with Gasteiger partial charge in [0.05, 0.1) is 10.4 Å². The third kappa shape index (κ3) is 6.84. The van der Waals surface area contributed by atoms with Crippen LogP contribution in [0, 0.1) is 5.92 Å². The smallest absolute Gasteiger partial charge is 0.253 e. The number of likely N-dealkylation sites (tertiary alicyclic amines) is 1. The van der Waals surface area contributed by atoms with Gasteiger partial charge in [0.2, 0.25) is 5.91 Å². The second kappa shape index (κ2) is 11.7. The first-order valence-corrected chi connectivity index (χ1v) is 13.6. The van der Waals surface area contributed by atoms with Crippen molar-refractivity contribution < 1.29 is 9.59 Å². The maximum absolute atomic E-state index is 13.0. The van der Waals surface area contributed by atoms with Crippen LogP contribution in [0.3, 0.4) is 0 Å². The Bertz CT molecular complexity index is 954. The van der Waals surface area contributed by atoms with Gasteiger partial charge in [-0.15, -0.1) is 11.8 Å². The predicted molar refractivity (Wildman–Crippen MR) is 137 cm³/mol. The number of aromatic nitrogens is 1. The van der Waals surface area contributed by atoms with E-state index in [2.05, 4.69) is 22.2 Å². The molecule has 2 N–H and O–H groups in total. The van der Waals surface area contributed by atoms with E-state index in [9.17, 15) is 9.59 Å². The zero-order valence-corrected chi connectivity index (χ0v) is 20.6. The molecule has 2 fully saturated rings. The van der Waals surface area contributed by atoms with Gasteiger partial charge in [0.15, 0.2) is 5.13 Å². The van der Waals surface area contributed by atoms with E-state index in [-0.39, 0.29) is 17.9 Å². The second-order valence-corrected chi connectivity index (χ2v) is 11.2. The van der Waals surface area contributed by atoms with Crippen molar-refractivity contribution in [2.24, 2.45) is 5.92 Å². The van der Waals surface area contributed by atoms with E-state index >= 15 is 0 Å². The van der Waals surface area contributed by atoms with Gasteiger partial charge in [-0.3, -0.25) is 9.59 Å². The number of nitrogens with zero attached hydrogens (tertiary/aromatic N) is 2. The number of carbonyl (C=O) groups is 2. The van der Waals surface area contributed by atoms with Crippen molar-refractivity contribution in [2.45, 2.75) is 55.2 Å². The Labute approximate surface area is 204 Å².